The summed E-state index contributed by atoms with van der Waals surface area (Å²) in [6.07, 6.45) is 8.30. The predicted octanol–water partition coefficient (Wildman–Crippen LogP) is 4.25. The summed E-state index contributed by atoms with van der Waals surface area (Å²) in [5.74, 6) is 1.97. The van der Waals surface area contributed by atoms with Gasteiger partial charge in [-0.05, 0) is 62.1 Å². The van der Waals surface area contributed by atoms with Gasteiger partial charge in [-0.3, -0.25) is 0 Å². The monoisotopic (exact) mass is 254 g/mol. The summed E-state index contributed by atoms with van der Waals surface area (Å²) in [6.45, 7) is 2.12. The van der Waals surface area contributed by atoms with Crippen molar-refractivity contribution in [1.82, 2.24) is 0 Å². The Balaban J connectivity index is 1.68. The van der Waals surface area contributed by atoms with Gasteiger partial charge >= 0.3 is 0 Å². The van der Waals surface area contributed by atoms with Crippen LogP contribution in [0.3, 0.4) is 0 Å². The number of nitriles is 1. The van der Waals surface area contributed by atoms with Crippen molar-refractivity contribution >= 4 is 5.69 Å². The van der Waals surface area contributed by atoms with Crippen molar-refractivity contribution in [1.29, 1.82) is 5.26 Å². The number of nitrogens with one attached hydrogen (secondary N) is 1. The fourth-order valence-electron chi connectivity index (χ4n) is 3.42. The van der Waals surface area contributed by atoms with Crippen LogP contribution in [0.4, 0.5) is 5.69 Å². The molecule has 1 aromatic rings. The Kier molecular flexibility index (Phi) is 3.46. The summed E-state index contributed by atoms with van der Waals surface area (Å²) >= 11 is 0. The molecule has 2 aliphatic carbocycles. The third kappa shape index (κ3) is 2.92. The molecule has 19 heavy (non-hydrogen) atoms. The van der Waals surface area contributed by atoms with E-state index in [0.29, 0.717) is 6.04 Å². The minimum absolute atomic E-state index is 0.604. The lowest BCUT2D eigenvalue weighted by molar-refractivity contribution is 0.303. The molecular weight excluding hydrogens is 232 g/mol. The maximum absolute atomic E-state index is 9.00. The zero-order valence-corrected chi connectivity index (χ0v) is 11.7. The van der Waals surface area contributed by atoms with Crippen molar-refractivity contribution in [2.24, 2.45) is 11.8 Å². The first-order chi connectivity index (χ1) is 9.26. The Morgan fingerprint density at radius 3 is 2.74 bits per heavy atom. The quantitative estimate of drug-likeness (QED) is 0.875. The third-order valence-electron chi connectivity index (χ3n) is 4.73. The standard InChI is InChI=1S/C17H22N2/c1-12-5-6-13(11-18)9-17(12)19-16-4-2-3-15(10-16)14-7-8-14/h5-6,9,14-16,19H,2-4,7-8,10H2,1H3. The Labute approximate surface area is 115 Å². The average Bonchev–Trinajstić information content (AvgIpc) is 3.26. The molecule has 100 valence electrons. The molecule has 2 saturated carbocycles. The maximum Gasteiger partial charge on any atom is 0.0992 e. The summed E-state index contributed by atoms with van der Waals surface area (Å²) in [5, 5.41) is 12.7. The second-order valence-corrected chi connectivity index (χ2v) is 6.25. The lowest BCUT2D eigenvalue weighted by Crippen LogP contribution is -2.28. The van der Waals surface area contributed by atoms with E-state index in [1.807, 2.05) is 18.2 Å². The molecule has 0 heterocycles. The Bertz CT molecular complexity index is 496. The molecule has 2 fully saturated rings. The van der Waals surface area contributed by atoms with Gasteiger partial charge < -0.3 is 5.32 Å². The summed E-state index contributed by atoms with van der Waals surface area (Å²) < 4.78 is 0. The van der Waals surface area contributed by atoms with Crippen LogP contribution in [-0.2, 0) is 0 Å². The zero-order valence-electron chi connectivity index (χ0n) is 11.7. The predicted molar refractivity (Wildman–Crippen MR) is 78.0 cm³/mol. The van der Waals surface area contributed by atoms with E-state index >= 15 is 0 Å². The van der Waals surface area contributed by atoms with Gasteiger partial charge in [-0.1, -0.05) is 18.9 Å². The number of anilines is 1. The van der Waals surface area contributed by atoms with Gasteiger partial charge in [0.25, 0.3) is 0 Å². The highest BCUT2D eigenvalue weighted by Crippen LogP contribution is 2.44. The Morgan fingerprint density at radius 1 is 1.16 bits per heavy atom. The van der Waals surface area contributed by atoms with Crippen LogP contribution in [0.1, 0.15) is 49.7 Å². The summed E-state index contributed by atoms with van der Waals surface area (Å²) in [6, 6.07) is 8.77. The molecule has 0 saturated heterocycles. The molecule has 0 spiro atoms. The third-order valence-corrected chi connectivity index (χ3v) is 4.73. The van der Waals surface area contributed by atoms with Crippen LogP contribution in [0.25, 0.3) is 0 Å². The van der Waals surface area contributed by atoms with Crippen LogP contribution in [0.5, 0.6) is 0 Å². The van der Waals surface area contributed by atoms with Crippen molar-refractivity contribution in [3.63, 3.8) is 0 Å². The number of nitrogens with zero attached hydrogens (tertiary/aromatic N) is 1. The highest BCUT2D eigenvalue weighted by Gasteiger charge is 2.34. The van der Waals surface area contributed by atoms with Crippen molar-refractivity contribution in [3.8, 4) is 6.07 Å². The summed E-state index contributed by atoms with van der Waals surface area (Å²) in [4.78, 5) is 0. The molecular formula is C17H22N2. The maximum atomic E-state index is 9.00. The van der Waals surface area contributed by atoms with E-state index in [0.717, 1.165) is 23.1 Å². The van der Waals surface area contributed by atoms with Crippen molar-refractivity contribution in [2.75, 3.05) is 5.32 Å². The van der Waals surface area contributed by atoms with Crippen LogP contribution in [0.15, 0.2) is 18.2 Å². The first kappa shape index (κ1) is 12.5. The first-order valence-corrected chi connectivity index (χ1v) is 7.53. The number of aryl methyl sites for hydroxylation is 1. The van der Waals surface area contributed by atoms with E-state index < -0.39 is 0 Å². The number of rotatable bonds is 3. The summed E-state index contributed by atoms with van der Waals surface area (Å²) in [7, 11) is 0. The van der Waals surface area contributed by atoms with E-state index in [4.69, 9.17) is 5.26 Å². The van der Waals surface area contributed by atoms with Crippen LogP contribution in [0.2, 0.25) is 0 Å². The van der Waals surface area contributed by atoms with Gasteiger partial charge in [-0.15, -0.1) is 0 Å². The number of benzene rings is 1. The fraction of sp³-hybridized carbons (Fsp3) is 0.588. The lowest BCUT2D eigenvalue weighted by atomic mass is 9.82. The molecule has 2 atom stereocenters. The van der Waals surface area contributed by atoms with Gasteiger partial charge in [0, 0.05) is 11.7 Å². The molecule has 1 N–H and O–H groups in total. The van der Waals surface area contributed by atoms with Crippen molar-refractivity contribution < 1.29 is 0 Å². The smallest absolute Gasteiger partial charge is 0.0992 e. The molecule has 2 aliphatic rings. The largest absolute Gasteiger partial charge is 0.382 e. The molecule has 0 aromatic heterocycles. The molecule has 0 amide bonds. The van der Waals surface area contributed by atoms with Gasteiger partial charge in [0.2, 0.25) is 0 Å². The highest BCUT2D eigenvalue weighted by atomic mass is 14.9. The SMILES string of the molecule is Cc1ccc(C#N)cc1NC1CCCC(C2CC2)C1. The Morgan fingerprint density at radius 2 is 2.00 bits per heavy atom. The van der Waals surface area contributed by atoms with E-state index in [1.54, 1.807) is 0 Å². The average molecular weight is 254 g/mol. The summed E-state index contributed by atoms with van der Waals surface area (Å²) in [5.41, 5.74) is 3.15. The molecule has 2 unspecified atom stereocenters. The van der Waals surface area contributed by atoms with Gasteiger partial charge in [0.1, 0.15) is 0 Å². The minimum atomic E-state index is 0.604. The molecule has 3 rings (SSSR count). The zero-order chi connectivity index (χ0) is 13.2. The number of hydrogen-bond donors (Lipinski definition) is 1. The first-order valence-electron chi connectivity index (χ1n) is 7.53. The fourth-order valence-corrected chi connectivity index (χ4v) is 3.42. The highest BCUT2D eigenvalue weighted by molar-refractivity contribution is 5.55. The van der Waals surface area contributed by atoms with Gasteiger partial charge in [0.15, 0.2) is 0 Å². The second-order valence-electron chi connectivity index (χ2n) is 6.25. The molecule has 2 nitrogen and oxygen atoms in total. The van der Waals surface area contributed by atoms with Crippen LogP contribution < -0.4 is 5.32 Å². The topological polar surface area (TPSA) is 35.8 Å². The minimum Gasteiger partial charge on any atom is -0.382 e. The van der Waals surface area contributed by atoms with E-state index in [-0.39, 0.29) is 0 Å². The van der Waals surface area contributed by atoms with Crippen LogP contribution >= 0.6 is 0 Å². The van der Waals surface area contributed by atoms with E-state index in [1.165, 1.54) is 44.1 Å². The molecule has 1 aromatic carbocycles. The molecule has 0 radical (unpaired) electrons. The molecule has 2 heteroatoms. The second kappa shape index (κ2) is 5.25. The molecule has 0 bridgehead atoms. The Hall–Kier alpha value is -1.49. The normalized spacial score (nSPS) is 26.7. The van der Waals surface area contributed by atoms with Gasteiger partial charge in [0.05, 0.1) is 11.6 Å². The van der Waals surface area contributed by atoms with Crippen LogP contribution in [-0.4, -0.2) is 6.04 Å². The van der Waals surface area contributed by atoms with Gasteiger partial charge in [-0.25, -0.2) is 0 Å². The van der Waals surface area contributed by atoms with Gasteiger partial charge in [-0.2, -0.15) is 5.26 Å². The van der Waals surface area contributed by atoms with E-state index in [9.17, 15) is 0 Å². The lowest BCUT2D eigenvalue weighted by Gasteiger charge is -2.31. The van der Waals surface area contributed by atoms with Crippen molar-refractivity contribution in [3.05, 3.63) is 29.3 Å². The van der Waals surface area contributed by atoms with E-state index in [2.05, 4.69) is 18.3 Å². The van der Waals surface area contributed by atoms with Crippen LogP contribution in [0, 0.1) is 30.1 Å². The number of hydrogen-bond acceptors (Lipinski definition) is 2. The van der Waals surface area contributed by atoms with Crippen molar-refractivity contribution in [2.45, 2.75) is 51.5 Å². The molecule has 0 aliphatic heterocycles.